The molecule has 134 valence electrons. The van der Waals surface area contributed by atoms with Gasteiger partial charge in [0.05, 0.1) is 11.4 Å². The Balaban J connectivity index is 0.00000182. The van der Waals surface area contributed by atoms with Crippen LogP contribution in [0, 0.1) is 11.8 Å². The fourth-order valence-corrected chi connectivity index (χ4v) is 4.28. The number of halogens is 1. The molecule has 1 N–H and O–H groups in total. The first kappa shape index (κ1) is 18.3. The van der Waals surface area contributed by atoms with Gasteiger partial charge in [0.2, 0.25) is 11.8 Å². The topological polar surface area (TPSA) is 58.4 Å². The van der Waals surface area contributed by atoms with E-state index in [1.807, 2.05) is 35.2 Å². The Morgan fingerprint density at radius 3 is 2.68 bits per heavy atom. The molecule has 2 fully saturated rings. The Morgan fingerprint density at radius 1 is 1.24 bits per heavy atom. The van der Waals surface area contributed by atoms with E-state index in [1.54, 1.807) is 18.0 Å². The van der Waals surface area contributed by atoms with E-state index in [1.165, 1.54) is 0 Å². The van der Waals surface area contributed by atoms with Crippen LogP contribution >= 0.6 is 24.2 Å². The first-order chi connectivity index (χ1) is 11.8. The number of nitrogens with one attached hydrogen (secondary N) is 1. The Bertz CT molecular complexity index is 697. The molecule has 0 aliphatic carbocycles. The van der Waals surface area contributed by atoms with E-state index in [0.29, 0.717) is 29.2 Å². The molecule has 2 saturated heterocycles. The Hall–Kier alpha value is -1.50. The van der Waals surface area contributed by atoms with Gasteiger partial charge in [0.25, 0.3) is 0 Å². The number of oxazole rings is 1. The number of hydrogen-bond acceptors (Lipinski definition) is 5. The minimum absolute atomic E-state index is 0. The van der Waals surface area contributed by atoms with Gasteiger partial charge in [-0.25, -0.2) is 4.98 Å². The highest BCUT2D eigenvalue weighted by Gasteiger charge is 2.37. The van der Waals surface area contributed by atoms with Gasteiger partial charge in [0.15, 0.2) is 0 Å². The van der Waals surface area contributed by atoms with E-state index in [0.717, 1.165) is 37.4 Å². The number of likely N-dealkylation sites (tertiary alicyclic amines) is 1. The summed E-state index contributed by atoms with van der Waals surface area (Å²) in [7, 11) is 0. The van der Waals surface area contributed by atoms with Crippen molar-refractivity contribution in [3.8, 4) is 11.5 Å². The van der Waals surface area contributed by atoms with Crippen LogP contribution in [-0.2, 0) is 10.5 Å². The van der Waals surface area contributed by atoms with Crippen LogP contribution in [0.2, 0.25) is 0 Å². The maximum Gasteiger partial charge on any atom is 0.232 e. The highest BCUT2D eigenvalue weighted by molar-refractivity contribution is 7.99. The maximum absolute atomic E-state index is 12.3. The molecule has 0 unspecified atom stereocenters. The first-order valence-corrected chi connectivity index (χ1v) is 9.51. The smallest absolute Gasteiger partial charge is 0.232 e. The zero-order valence-electron chi connectivity index (χ0n) is 13.9. The molecule has 0 spiro atoms. The Morgan fingerprint density at radius 2 is 1.96 bits per heavy atom. The molecule has 25 heavy (non-hydrogen) atoms. The quantitative estimate of drug-likeness (QED) is 0.865. The molecule has 0 bridgehead atoms. The van der Waals surface area contributed by atoms with E-state index < -0.39 is 0 Å². The van der Waals surface area contributed by atoms with Crippen LogP contribution in [0.25, 0.3) is 11.5 Å². The van der Waals surface area contributed by atoms with Crippen LogP contribution < -0.4 is 5.32 Å². The largest absolute Gasteiger partial charge is 0.444 e. The molecule has 1 aromatic carbocycles. The standard InChI is InChI=1S/C18H21N3O2S.ClH/c22-17(21-8-14-6-19-7-15(14)9-21)12-24-11-16-10-23-18(20-16)13-4-2-1-3-5-13;/h1-5,10,14-15,19H,6-9,11-12H2;1H/t14-,15+;. The van der Waals surface area contributed by atoms with Crippen molar-refractivity contribution in [2.24, 2.45) is 11.8 Å². The van der Waals surface area contributed by atoms with E-state index >= 15 is 0 Å². The minimum atomic E-state index is 0. The molecular weight excluding hydrogens is 358 g/mol. The lowest BCUT2D eigenvalue weighted by atomic mass is 10.0. The fraction of sp³-hybridized carbons (Fsp3) is 0.444. The number of carbonyl (C=O) groups is 1. The van der Waals surface area contributed by atoms with E-state index in [4.69, 9.17) is 4.42 Å². The molecule has 2 aromatic rings. The molecule has 4 rings (SSSR count). The normalized spacial score (nSPS) is 21.8. The number of fused-ring (bicyclic) bond motifs is 1. The molecule has 3 heterocycles. The predicted octanol–water partition coefficient (Wildman–Crippen LogP) is 2.67. The van der Waals surface area contributed by atoms with Gasteiger partial charge in [-0.2, -0.15) is 0 Å². The Labute approximate surface area is 158 Å². The van der Waals surface area contributed by atoms with E-state index in [-0.39, 0.29) is 18.3 Å². The lowest BCUT2D eigenvalue weighted by molar-refractivity contribution is -0.127. The van der Waals surface area contributed by atoms with Crippen LogP contribution in [0.1, 0.15) is 5.69 Å². The number of rotatable bonds is 5. The average Bonchev–Trinajstić information content (AvgIpc) is 3.31. The van der Waals surface area contributed by atoms with E-state index in [2.05, 4.69) is 10.3 Å². The van der Waals surface area contributed by atoms with Crippen molar-refractivity contribution in [2.45, 2.75) is 5.75 Å². The van der Waals surface area contributed by atoms with Crippen molar-refractivity contribution in [1.29, 1.82) is 0 Å². The third kappa shape index (κ3) is 4.19. The zero-order chi connectivity index (χ0) is 16.4. The summed E-state index contributed by atoms with van der Waals surface area (Å²) in [6, 6.07) is 9.86. The van der Waals surface area contributed by atoms with Gasteiger partial charge < -0.3 is 14.6 Å². The number of carbonyl (C=O) groups excluding carboxylic acids is 1. The summed E-state index contributed by atoms with van der Waals surface area (Å²) in [5, 5.41) is 3.40. The van der Waals surface area contributed by atoms with Gasteiger partial charge in [0, 0.05) is 37.5 Å². The molecule has 0 saturated carbocycles. The predicted molar refractivity (Wildman–Crippen MR) is 102 cm³/mol. The average molecular weight is 380 g/mol. The molecule has 5 nitrogen and oxygen atoms in total. The highest BCUT2D eigenvalue weighted by atomic mass is 35.5. The molecule has 0 radical (unpaired) electrons. The van der Waals surface area contributed by atoms with E-state index in [9.17, 15) is 4.79 Å². The number of amides is 1. The summed E-state index contributed by atoms with van der Waals surface area (Å²) < 4.78 is 5.53. The molecule has 1 aromatic heterocycles. The highest BCUT2D eigenvalue weighted by Crippen LogP contribution is 2.27. The third-order valence-electron chi connectivity index (χ3n) is 4.79. The van der Waals surface area contributed by atoms with Crippen LogP contribution in [0.5, 0.6) is 0 Å². The zero-order valence-corrected chi connectivity index (χ0v) is 15.5. The van der Waals surface area contributed by atoms with Crippen molar-refractivity contribution >= 4 is 30.1 Å². The van der Waals surface area contributed by atoms with Crippen molar-refractivity contribution in [1.82, 2.24) is 15.2 Å². The molecule has 2 aliphatic rings. The van der Waals surface area contributed by atoms with Gasteiger partial charge in [-0.3, -0.25) is 4.79 Å². The molecule has 1 amide bonds. The number of thioether (sulfide) groups is 1. The maximum atomic E-state index is 12.3. The SMILES string of the molecule is Cl.O=C(CSCc1coc(-c2ccccc2)n1)N1C[C@H]2CNC[C@H]2C1. The van der Waals surface area contributed by atoms with Gasteiger partial charge >= 0.3 is 0 Å². The number of hydrogen-bond donors (Lipinski definition) is 1. The third-order valence-corrected chi connectivity index (χ3v) is 5.74. The summed E-state index contributed by atoms with van der Waals surface area (Å²) >= 11 is 1.61. The van der Waals surface area contributed by atoms with Crippen molar-refractivity contribution in [3.05, 3.63) is 42.3 Å². The van der Waals surface area contributed by atoms with Gasteiger partial charge in [-0.05, 0) is 24.0 Å². The van der Waals surface area contributed by atoms with Crippen LogP contribution in [0.4, 0.5) is 0 Å². The van der Waals surface area contributed by atoms with Crippen LogP contribution in [0.15, 0.2) is 41.0 Å². The lowest BCUT2D eigenvalue weighted by Crippen LogP contribution is -2.33. The molecule has 2 aliphatic heterocycles. The first-order valence-electron chi connectivity index (χ1n) is 8.35. The summed E-state index contributed by atoms with van der Waals surface area (Å²) in [6.07, 6.45) is 1.69. The molecule has 7 heteroatoms. The lowest BCUT2D eigenvalue weighted by Gasteiger charge is -2.17. The number of aromatic nitrogens is 1. The summed E-state index contributed by atoms with van der Waals surface area (Å²) in [6.45, 7) is 3.95. The summed E-state index contributed by atoms with van der Waals surface area (Å²) in [5.74, 6) is 3.41. The van der Waals surface area contributed by atoms with Gasteiger partial charge in [-0.1, -0.05) is 18.2 Å². The summed E-state index contributed by atoms with van der Waals surface area (Å²) in [4.78, 5) is 18.9. The van der Waals surface area contributed by atoms with Gasteiger partial charge in [-0.15, -0.1) is 24.2 Å². The second kappa shape index (κ2) is 8.25. The molecule has 2 atom stereocenters. The number of nitrogens with zero attached hydrogens (tertiary/aromatic N) is 2. The van der Waals surface area contributed by atoms with Crippen molar-refractivity contribution < 1.29 is 9.21 Å². The Kier molecular flexibility index (Phi) is 6.04. The molecular formula is C18H22ClN3O2S. The minimum Gasteiger partial charge on any atom is -0.444 e. The fourth-order valence-electron chi connectivity index (χ4n) is 3.48. The second-order valence-electron chi connectivity index (χ2n) is 6.48. The second-order valence-corrected chi connectivity index (χ2v) is 7.47. The van der Waals surface area contributed by atoms with Crippen LogP contribution in [-0.4, -0.2) is 47.7 Å². The monoisotopic (exact) mass is 379 g/mol. The van der Waals surface area contributed by atoms with Crippen LogP contribution in [0.3, 0.4) is 0 Å². The van der Waals surface area contributed by atoms with Gasteiger partial charge in [0.1, 0.15) is 6.26 Å². The van der Waals surface area contributed by atoms with Crippen molar-refractivity contribution in [3.63, 3.8) is 0 Å². The number of benzene rings is 1. The summed E-state index contributed by atoms with van der Waals surface area (Å²) in [5.41, 5.74) is 1.86. The van der Waals surface area contributed by atoms with Crippen molar-refractivity contribution in [2.75, 3.05) is 31.9 Å².